The number of halogens is 4. The SMILES string of the molecule is Cc1c2c(c(C)c3c(Cl)c(Cl)c(Cl)c(Cl)c13)-c1cccc3cccc-2c13. The summed E-state index contributed by atoms with van der Waals surface area (Å²) >= 11 is 26.0. The van der Waals surface area contributed by atoms with Crippen LogP contribution in [0.25, 0.3) is 43.8 Å². The van der Waals surface area contributed by atoms with Crippen LogP contribution in [0.4, 0.5) is 0 Å². The molecule has 128 valence electrons. The van der Waals surface area contributed by atoms with Gasteiger partial charge < -0.3 is 0 Å². The van der Waals surface area contributed by atoms with E-state index in [-0.39, 0.29) is 0 Å². The first-order valence-corrected chi connectivity index (χ1v) is 9.76. The van der Waals surface area contributed by atoms with Gasteiger partial charge in [-0.25, -0.2) is 0 Å². The molecule has 26 heavy (non-hydrogen) atoms. The average molecular weight is 418 g/mol. The van der Waals surface area contributed by atoms with Crippen molar-refractivity contribution < 1.29 is 0 Å². The molecule has 0 bridgehead atoms. The van der Waals surface area contributed by atoms with Gasteiger partial charge in [0.1, 0.15) is 0 Å². The molecular weight excluding hydrogens is 406 g/mol. The van der Waals surface area contributed by atoms with Crippen molar-refractivity contribution in [3.8, 4) is 22.3 Å². The Morgan fingerprint density at radius 3 is 1.38 bits per heavy atom. The van der Waals surface area contributed by atoms with E-state index in [1.165, 1.54) is 33.0 Å². The van der Waals surface area contributed by atoms with Gasteiger partial charge in [-0.3, -0.25) is 0 Å². The Kier molecular flexibility index (Phi) is 3.56. The smallest absolute Gasteiger partial charge is 0.0800 e. The minimum absolute atomic E-state index is 0.307. The summed E-state index contributed by atoms with van der Waals surface area (Å²) in [7, 11) is 0. The van der Waals surface area contributed by atoms with E-state index in [1.807, 2.05) is 0 Å². The lowest BCUT2D eigenvalue weighted by Crippen LogP contribution is -1.94. The number of aryl methyl sites for hydroxylation is 2. The molecule has 0 aliphatic heterocycles. The number of benzene rings is 4. The normalized spacial score (nSPS) is 12.2. The molecule has 0 aromatic heterocycles. The van der Waals surface area contributed by atoms with Crippen LogP contribution < -0.4 is 0 Å². The van der Waals surface area contributed by atoms with E-state index >= 15 is 0 Å². The summed E-state index contributed by atoms with van der Waals surface area (Å²) in [6, 6.07) is 12.8. The minimum Gasteiger partial charge on any atom is -0.0820 e. The second-order valence-electron chi connectivity index (χ2n) is 6.72. The summed E-state index contributed by atoms with van der Waals surface area (Å²) in [5.41, 5.74) is 7.03. The molecule has 0 N–H and O–H groups in total. The van der Waals surface area contributed by atoms with E-state index < -0.39 is 0 Å². The molecule has 0 radical (unpaired) electrons. The van der Waals surface area contributed by atoms with Crippen molar-refractivity contribution in [2.45, 2.75) is 13.8 Å². The maximum absolute atomic E-state index is 6.62. The lowest BCUT2D eigenvalue weighted by atomic mass is 9.89. The summed E-state index contributed by atoms with van der Waals surface area (Å²) in [6.45, 7) is 4.16. The first kappa shape index (κ1) is 16.7. The number of fused-ring (bicyclic) bond motifs is 4. The molecule has 0 heterocycles. The third-order valence-corrected chi connectivity index (χ3v) is 7.26. The zero-order valence-electron chi connectivity index (χ0n) is 14.0. The van der Waals surface area contributed by atoms with Crippen LogP contribution in [0.1, 0.15) is 11.1 Å². The van der Waals surface area contributed by atoms with Crippen molar-refractivity contribution in [3.05, 3.63) is 67.6 Å². The first-order chi connectivity index (χ1) is 12.4. The Morgan fingerprint density at radius 2 is 0.962 bits per heavy atom. The molecule has 1 aliphatic carbocycles. The minimum atomic E-state index is 0.307. The molecule has 0 atom stereocenters. The molecule has 0 fully saturated rings. The van der Waals surface area contributed by atoms with Gasteiger partial charge in [-0.15, -0.1) is 0 Å². The van der Waals surface area contributed by atoms with E-state index in [0.29, 0.717) is 20.1 Å². The molecule has 0 amide bonds. The summed E-state index contributed by atoms with van der Waals surface area (Å²) in [6.07, 6.45) is 0. The van der Waals surface area contributed by atoms with E-state index in [2.05, 4.69) is 50.2 Å². The Morgan fingerprint density at radius 1 is 0.538 bits per heavy atom. The van der Waals surface area contributed by atoms with Crippen molar-refractivity contribution in [2.75, 3.05) is 0 Å². The van der Waals surface area contributed by atoms with Gasteiger partial charge in [0.25, 0.3) is 0 Å². The third kappa shape index (κ3) is 1.89. The average Bonchev–Trinajstić information content (AvgIpc) is 2.98. The monoisotopic (exact) mass is 416 g/mol. The maximum atomic E-state index is 6.62. The van der Waals surface area contributed by atoms with Crippen molar-refractivity contribution in [1.29, 1.82) is 0 Å². The Bertz CT molecular complexity index is 1190. The molecule has 0 saturated carbocycles. The van der Waals surface area contributed by atoms with E-state index in [9.17, 15) is 0 Å². The molecule has 4 aromatic carbocycles. The van der Waals surface area contributed by atoms with Crippen molar-refractivity contribution in [2.24, 2.45) is 0 Å². The van der Waals surface area contributed by atoms with Crippen LogP contribution in [0.5, 0.6) is 0 Å². The highest BCUT2D eigenvalue weighted by Gasteiger charge is 2.29. The van der Waals surface area contributed by atoms with Crippen LogP contribution >= 0.6 is 46.4 Å². The van der Waals surface area contributed by atoms with E-state index in [4.69, 9.17) is 46.4 Å². The van der Waals surface area contributed by atoms with Crippen LogP contribution in [-0.2, 0) is 0 Å². The van der Waals surface area contributed by atoms with Gasteiger partial charge in [0, 0.05) is 10.8 Å². The summed E-state index contributed by atoms with van der Waals surface area (Å²) in [5, 5.41) is 5.80. The maximum Gasteiger partial charge on any atom is 0.0800 e. The Labute approximate surface area is 171 Å². The van der Waals surface area contributed by atoms with Crippen LogP contribution in [0.15, 0.2) is 36.4 Å². The second kappa shape index (κ2) is 5.53. The fourth-order valence-corrected chi connectivity index (χ4v) is 5.53. The Balaban J connectivity index is 2.11. The van der Waals surface area contributed by atoms with Gasteiger partial charge in [0.05, 0.1) is 20.1 Å². The molecule has 0 saturated heterocycles. The van der Waals surface area contributed by atoms with E-state index in [0.717, 1.165) is 21.9 Å². The molecule has 1 aliphatic rings. The van der Waals surface area contributed by atoms with Gasteiger partial charge in [-0.2, -0.15) is 0 Å². The van der Waals surface area contributed by atoms with Crippen LogP contribution in [0.2, 0.25) is 20.1 Å². The quantitative estimate of drug-likeness (QED) is 0.174. The second-order valence-corrected chi connectivity index (χ2v) is 8.23. The van der Waals surface area contributed by atoms with Gasteiger partial charge >= 0.3 is 0 Å². The highest BCUT2D eigenvalue weighted by molar-refractivity contribution is 6.55. The fraction of sp³-hybridized carbons (Fsp3) is 0.0909. The zero-order valence-corrected chi connectivity index (χ0v) is 17.0. The molecule has 5 rings (SSSR count). The number of rotatable bonds is 0. The molecule has 0 spiro atoms. The molecule has 0 unspecified atom stereocenters. The molecular formula is C22H12Cl4. The predicted octanol–water partition coefficient (Wildman–Crippen LogP) is 8.87. The molecule has 4 aromatic rings. The largest absolute Gasteiger partial charge is 0.0820 e. The van der Waals surface area contributed by atoms with Crippen molar-refractivity contribution in [3.63, 3.8) is 0 Å². The summed E-state index contributed by atoms with van der Waals surface area (Å²) in [4.78, 5) is 0. The number of hydrogen-bond acceptors (Lipinski definition) is 0. The first-order valence-electron chi connectivity index (χ1n) is 8.24. The highest BCUT2D eigenvalue weighted by atomic mass is 35.5. The third-order valence-electron chi connectivity index (χ3n) is 5.46. The van der Waals surface area contributed by atoms with Crippen molar-refractivity contribution >= 4 is 67.9 Å². The van der Waals surface area contributed by atoms with Crippen molar-refractivity contribution in [1.82, 2.24) is 0 Å². The van der Waals surface area contributed by atoms with Gasteiger partial charge in [0.15, 0.2) is 0 Å². The van der Waals surface area contributed by atoms with E-state index in [1.54, 1.807) is 0 Å². The summed E-state index contributed by atoms with van der Waals surface area (Å²) in [5.74, 6) is 0. The topological polar surface area (TPSA) is 0 Å². The lowest BCUT2D eigenvalue weighted by Gasteiger charge is -2.19. The zero-order chi connectivity index (χ0) is 18.3. The van der Waals surface area contributed by atoms with Crippen LogP contribution in [-0.4, -0.2) is 0 Å². The summed E-state index contributed by atoms with van der Waals surface area (Å²) < 4.78 is 0. The van der Waals surface area contributed by atoms with Crippen LogP contribution in [0.3, 0.4) is 0 Å². The predicted molar refractivity (Wildman–Crippen MR) is 115 cm³/mol. The van der Waals surface area contributed by atoms with Gasteiger partial charge in [-0.1, -0.05) is 82.8 Å². The Hall–Kier alpha value is -1.44. The van der Waals surface area contributed by atoms with Gasteiger partial charge in [0.2, 0.25) is 0 Å². The standard InChI is InChI=1S/C22H12Cl4/c1-9-14-12-7-3-5-11-6-4-8-13(18(11)12)15(14)10(2)17-16(9)19(23)21(25)22(26)20(17)24/h3-8H,1-2H3. The van der Waals surface area contributed by atoms with Gasteiger partial charge in [-0.05, 0) is 58.0 Å². The molecule has 0 nitrogen and oxygen atoms in total. The van der Waals surface area contributed by atoms with Crippen LogP contribution in [0, 0.1) is 13.8 Å². The number of hydrogen-bond donors (Lipinski definition) is 0. The molecule has 4 heteroatoms. The highest BCUT2D eigenvalue weighted by Crippen LogP contribution is 2.55. The lowest BCUT2D eigenvalue weighted by molar-refractivity contribution is 1.47. The fourth-order valence-electron chi connectivity index (χ4n) is 4.39.